The van der Waals surface area contributed by atoms with Crippen molar-refractivity contribution in [2.24, 2.45) is 5.92 Å². The van der Waals surface area contributed by atoms with Gasteiger partial charge < -0.3 is 19.8 Å². The number of methoxy groups -OCH3 is 2. The molecule has 0 radical (unpaired) electrons. The van der Waals surface area contributed by atoms with Crippen LogP contribution < -0.4 is 25.6 Å². The molecule has 3 unspecified atom stereocenters. The van der Waals surface area contributed by atoms with Crippen molar-refractivity contribution < 1.29 is 14.3 Å². The van der Waals surface area contributed by atoms with Crippen LogP contribution >= 0.6 is 0 Å². The van der Waals surface area contributed by atoms with Crippen LogP contribution in [0, 0.1) is 5.92 Å². The quantitative estimate of drug-likeness (QED) is 0.448. The first kappa shape index (κ1) is 21.2. The van der Waals surface area contributed by atoms with Crippen LogP contribution in [-0.4, -0.2) is 37.7 Å². The van der Waals surface area contributed by atoms with Gasteiger partial charge in [0.1, 0.15) is 11.5 Å². The second kappa shape index (κ2) is 9.41. The van der Waals surface area contributed by atoms with E-state index in [9.17, 15) is 4.79 Å². The summed E-state index contributed by atoms with van der Waals surface area (Å²) in [5.74, 6) is 1.88. The summed E-state index contributed by atoms with van der Waals surface area (Å²) < 4.78 is 10.6. The summed E-state index contributed by atoms with van der Waals surface area (Å²) in [5.41, 5.74) is 10.0. The zero-order valence-electron chi connectivity index (χ0n) is 18.2. The first-order valence-electron chi connectivity index (χ1n) is 10.6. The van der Waals surface area contributed by atoms with Gasteiger partial charge in [-0.25, -0.2) is 5.43 Å². The predicted octanol–water partition coefficient (Wildman–Crippen LogP) is 3.09. The van der Waals surface area contributed by atoms with Crippen LogP contribution in [0.25, 0.3) is 10.9 Å². The predicted molar refractivity (Wildman–Crippen MR) is 121 cm³/mol. The highest BCUT2D eigenvalue weighted by atomic mass is 16.5. The van der Waals surface area contributed by atoms with E-state index in [1.54, 1.807) is 14.2 Å². The molecule has 2 aromatic carbocycles. The van der Waals surface area contributed by atoms with Crippen LogP contribution in [0.2, 0.25) is 0 Å². The number of carbonyl (C=O) groups is 1. The number of H-pyrrole nitrogens is 1. The number of ether oxygens (including phenoxy) is 2. The maximum absolute atomic E-state index is 12.7. The number of aromatic amines is 1. The highest BCUT2D eigenvalue weighted by Gasteiger charge is 2.35. The topological polar surface area (TPSA) is 87.4 Å². The average molecular weight is 423 g/mol. The van der Waals surface area contributed by atoms with Crippen LogP contribution in [0.5, 0.6) is 11.5 Å². The van der Waals surface area contributed by atoms with Crippen LogP contribution in [0.15, 0.2) is 48.7 Å². The van der Waals surface area contributed by atoms with Gasteiger partial charge >= 0.3 is 0 Å². The van der Waals surface area contributed by atoms with Crippen molar-refractivity contribution in [3.8, 4) is 11.5 Å². The van der Waals surface area contributed by atoms with Crippen molar-refractivity contribution in [2.45, 2.75) is 31.8 Å². The molecule has 0 saturated carbocycles. The van der Waals surface area contributed by atoms with Crippen molar-refractivity contribution in [1.29, 1.82) is 0 Å². The number of benzene rings is 2. The molecule has 31 heavy (non-hydrogen) atoms. The number of carbonyl (C=O) groups excluding carboxylic acids is 1. The van der Waals surface area contributed by atoms with Gasteiger partial charge in [-0.05, 0) is 54.8 Å². The average Bonchev–Trinajstić information content (AvgIpc) is 3.37. The van der Waals surface area contributed by atoms with Gasteiger partial charge in [0.25, 0.3) is 0 Å². The Morgan fingerprint density at radius 2 is 1.77 bits per heavy atom. The molecule has 1 fully saturated rings. The van der Waals surface area contributed by atoms with Crippen molar-refractivity contribution in [3.05, 3.63) is 59.8 Å². The summed E-state index contributed by atoms with van der Waals surface area (Å²) in [6, 6.07) is 14.2. The van der Waals surface area contributed by atoms with E-state index in [0.717, 1.165) is 34.4 Å². The second-order valence-electron chi connectivity index (χ2n) is 8.02. The molecule has 3 atom stereocenters. The van der Waals surface area contributed by atoms with E-state index in [4.69, 9.17) is 9.47 Å². The molecule has 3 aromatic rings. The first-order valence-corrected chi connectivity index (χ1v) is 10.6. The molecule has 4 N–H and O–H groups in total. The van der Waals surface area contributed by atoms with E-state index in [2.05, 4.69) is 28.1 Å². The third-order valence-corrected chi connectivity index (χ3v) is 6.12. The normalized spacial score (nSPS) is 20.7. The molecule has 4 rings (SSSR count). The smallest absolute Gasteiger partial charge is 0.220 e. The minimum Gasteiger partial charge on any atom is -0.497 e. The van der Waals surface area contributed by atoms with Crippen molar-refractivity contribution in [2.75, 3.05) is 20.8 Å². The molecule has 0 aliphatic carbocycles. The van der Waals surface area contributed by atoms with E-state index in [-0.39, 0.29) is 23.9 Å². The molecule has 7 nitrogen and oxygen atoms in total. The lowest BCUT2D eigenvalue weighted by atomic mass is 9.87. The van der Waals surface area contributed by atoms with Crippen molar-refractivity contribution in [3.63, 3.8) is 0 Å². The van der Waals surface area contributed by atoms with Crippen LogP contribution in [0.3, 0.4) is 0 Å². The number of fused-ring (bicyclic) bond motifs is 1. The Labute approximate surface area is 182 Å². The third kappa shape index (κ3) is 4.68. The number of aromatic nitrogens is 1. The molecule has 1 saturated heterocycles. The highest BCUT2D eigenvalue weighted by molar-refractivity contribution is 5.84. The third-order valence-electron chi connectivity index (χ3n) is 6.12. The highest BCUT2D eigenvalue weighted by Crippen LogP contribution is 2.32. The summed E-state index contributed by atoms with van der Waals surface area (Å²) in [5, 5.41) is 4.22. The molecule has 1 aliphatic rings. The molecular weight excluding hydrogens is 392 g/mol. The van der Waals surface area contributed by atoms with Crippen LogP contribution in [0.4, 0.5) is 0 Å². The lowest BCUT2D eigenvalue weighted by molar-refractivity contribution is -0.122. The molecule has 164 valence electrons. The molecule has 7 heteroatoms. The molecule has 0 spiro atoms. The Kier molecular flexibility index (Phi) is 6.44. The van der Waals surface area contributed by atoms with Gasteiger partial charge in [0.05, 0.1) is 20.3 Å². The van der Waals surface area contributed by atoms with Gasteiger partial charge in [-0.15, -0.1) is 0 Å². The number of hydrazine groups is 1. The number of amides is 1. The van der Waals surface area contributed by atoms with E-state index >= 15 is 0 Å². The Hall–Kier alpha value is -3.03. The monoisotopic (exact) mass is 422 g/mol. The summed E-state index contributed by atoms with van der Waals surface area (Å²) in [6.45, 7) is 2.70. The van der Waals surface area contributed by atoms with Gasteiger partial charge in [0.2, 0.25) is 5.91 Å². The van der Waals surface area contributed by atoms with Crippen LogP contribution in [-0.2, 0) is 11.2 Å². The van der Waals surface area contributed by atoms with Crippen molar-refractivity contribution >= 4 is 16.8 Å². The van der Waals surface area contributed by atoms with E-state index in [1.807, 2.05) is 48.7 Å². The molecular formula is C24H30N4O3. The van der Waals surface area contributed by atoms with E-state index in [0.29, 0.717) is 13.0 Å². The van der Waals surface area contributed by atoms with E-state index in [1.165, 1.54) is 5.56 Å². The maximum Gasteiger partial charge on any atom is 0.220 e. The summed E-state index contributed by atoms with van der Waals surface area (Å²) in [7, 11) is 3.33. The Balaban J connectivity index is 1.34. The largest absolute Gasteiger partial charge is 0.497 e. The minimum absolute atomic E-state index is 0.0679. The zero-order valence-corrected chi connectivity index (χ0v) is 18.2. The second-order valence-corrected chi connectivity index (χ2v) is 8.02. The molecule has 2 heterocycles. The fraction of sp³-hybridized carbons (Fsp3) is 0.375. The number of hydrogen-bond donors (Lipinski definition) is 4. The number of hydrogen-bond acceptors (Lipinski definition) is 5. The Morgan fingerprint density at radius 3 is 2.52 bits per heavy atom. The van der Waals surface area contributed by atoms with E-state index < -0.39 is 0 Å². The lowest BCUT2D eigenvalue weighted by Crippen LogP contribution is -2.32. The van der Waals surface area contributed by atoms with Gasteiger partial charge in [-0.2, -0.15) is 0 Å². The van der Waals surface area contributed by atoms with Crippen LogP contribution in [0.1, 0.15) is 30.5 Å². The summed E-state index contributed by atoms with van der Waals surface area (Å²) in [4.78, 5) is 16.0. The standard InChI is InChI=1S/C24H30N4O3/c1-15-20(24(28-27-15)16-4-6-18(30-2)7-5-16)13-23(29)25-11-10-17-14-26-22-9-8-19(31-3)12-21(17)22/h4-9,12,14-15,20,24,26-28H,10-11,13H2,1-3H3,(H,25,29). The SMILES string of the molecule is COc1ccc(C2NNC(C)C2CC(=O)NCCc2c[nH]c3ccc(OC)cc23)cc1. The van der Waals surface area contributed by atoms with Gasteiger partial charge in [-0.1, -0.05) is 12.1 Å². The fourth-order valence-electron chi connectivity index (χ4n) is 4.27. The van der Waals surface area contributed by atoms with Gasteiger partial charge in [0.15, 0.2) is 0 Å². The minimum atomic E-state index is 0.0679. The number of nitrogens with one attached hydrogen (secondary N) is 4. The summed E-state index contributed by atoms with van der Waals surface area (Å²) >= 11 is 0. The summed E-state index contributed by atoms with van der Waals surface area (Å²) in [6.07, 6.45) is 3.22. The zero-order chi connectivity index (χ0) is 21.8. The van der Waals surface area contributed by atoms with Gasteiger partial charge in [-0.3, -0.25) is 10.2 Å². The number of rotatable bonds is 8. The fourth-order valence-corrected chi connectivity index (χ4v) is 4.27. The molecule has 0 bridgehead atoms. The first-order chi connectivity index (χ1) is 15.1. The van der Waals surface area contributed by atoms with Crippen molar-refractivity contribution in [1.82, 2.24) is 21.2 Å². The lowest BCUT2D eigenvalue weighted by Gasteiger charge is -2.21. The molecule has 1 amide bonds. The molecule has 1 aromatic heterocycles. The maximum atomic E-state index is 12.7. The van der Waals surface area contributed by atoms with Gasteiger partial charge in [0, 0.05) is 42.0 Å². The Morgan fingerprint density at radius 1 is 1.03 bits per heavy atom. The molecule has 1 aliphatic heterocycles. The Bertz CT molecular complexity index is 1030.